The van der Waals surface area contributed by atoms with E-state index in [-0.39, 0.29) is 0 Å². The number of pyridine rings is 1. The van der Waals surface area contributed by atoms with E-state index in [1.807, 2.05) is 31.3 Å². The molecule has 3 heteroatoms. The van der Waals surface area contributed by atoms with Gasteiger partial charge in [-0.1, -0.05) is 6.07 Å². The molecule has 2 aromatic rings. The lowest BCUT2D eigenvalue weighted by Crippen LogP contribution is -1.94. The van der Waals surface area contributed by atoms with E-state index in [9.17, 15) is 0 Å². The third-order valence-corrected chi connectivity index (χ3v) is 1.99. The van der Waals surface area contributed by atoms with Crippen LogP contribution in [0.1, 0.15) is 17.0 Å². The summed E-state index contributed by atoms with van der Waals surface area (Å²) < 4.78 is 0. The van der Waals surface area contributed by atoms with Crippen molar-refractivity contribution in [2.24, 2.45) is 0 Å². The fraction of sp³-hybridized carbons (Fsp3) is 0.182. The summed E-state index contributed by atoms with van der Waals surface area (Å²) >= 11 is 0. The maximum atomic E-state index is 4.23. The van der Waals surface area contributed by atoms with Crippen molar-refractivity contribution in [3.63, 3.8) is 0 Å². The fourth-order valence-corrected chi connectivity index (χ4v) is 1.24. The third-order valence-electron chi connectivity index (χ3n) is 1.99. The standard InChI is InChI=1S/C11H11N3/c1-9-4-5-10(8-12-9)7-11-3-2-6-13-14-11/h2-6,8H,7H2,1H3. The van der Waals surface area contributed by atoms with Gasteiger partial charge in [-0.3, -0.25) is 4.98 Å². The summed E-state index contributed by atoms with van der Waals surface area (Å²) in [5, 5.41) is 7.85. The van der Waals surface area contributed by atoms with E-state index >= 15 is 0 Å². The number of rotatable bonds is 2. The molecule has 0 bridgehead atoms. The van der Waals surface area contributed by atoms with Crippen molar-refractivity contribution >= 4 is 0 Å². The summed E-state index contributed by atoms with van der Waals surface area (Å²) in [5.74, 6) is 0. The van der Waals surface area contributed by atoms with Crippen LogP contribution in [0.2, 0.25) is 0 Å². The molecular weight excluding hydrogens is 174 g/mol. The molecule has 0 aliphatic rings. The predicted molar refractivity (Wildman–Crippen MR) is 53.8 cm³/mol. The molecule has 0 saturated heterocycles. The quantitative estimate of drug-likeness (QED) is 0.715. The lowest BCUT2D eigenvalue weighted by Gasteiger charge is -1.99. The Morgan fingerprint density at radius 3 is 2.79 bits per heavy atom. The number of aromatic nitrogens is 3. The highest BCUT2D eigenvalue weighted by molar-refractivity contribution is 5.19. The fourth-order valence-electron chi connectivity index (χ4n) is 1.24. The first-order chi connectivity index (χ1) is 6.84. The van der Waals surface area contributed by atoms with Crippen LogP contribution in [0.3, 0.4) is 0 Å². The SMILES string of the molecule is Cc1ccc(Cc2cccnn2)cn1. The molecule has 0 aliphatic carbocycles. The van der Waals surface area contributed by atoms with Crippen molar-refractivity contribution in [3.8, 4) is 0 Å². The largest absolute Gasteiger partial charge is 0.261 e. The minimum absolute atomic E-state index is 0.793. The minimum atomic E-state index is 0.793. The predicted octanol–water partition coefficient (Wildman–Crippen LogP) is 1.77. The average molecular weight is 185 g/mol. The van der Waals surface area contributed by atoms with Gasteiger partial charge >= 0.3 is 0 Å². The van der Waals surface area contributed by atoms with Crippen LogP contribution in [0.25, 0.3) is 0 Å². The Morgan fingerprint density at radius 1 is 1.21 bits per heavy atom. The maximum Gasteiger partial charge on any atom is 0.0675 e. The second-order valence-electron chi connectivity index (χ2n) is 3.20. The zero-order chi connectivity index (χ0) is 9.80. The van der Waals surface area contributed by atoms with E-state index in [4.69, 9.17) is 0 Å². The second-order valence-corrected chi connectivity index (χ2v) is 3.20. The van der Waals surface area contributed by atoms with E-state index in [1.54, 1.807) is 6.20 Å². The molecule has 0 spiro atoms. The van der Waals surface area contributed by atoms with Gasteiger partial charge in [-0.15, -0.1) is 0 Å². The molecule has 2 rings (SSSR count). The number of hydrogen-bond acceptors (Lipinski definition) is 3. The molecule has 3 nitrogen and oxygen atoms in total. The van der Waals surface area contributed by atoms with Gasteiger partial charge < -0.3 is 0 Å². The Kier molecular flexibility index (Phi) is 2.49. The first-order valence-electron chi connectivity index (χ1n) is 4.53. The van der Waals surface area contributed by atoms with Crippen molar-refractivity contribution in [2.45, 2.75) is 13.3 Å². The molecule has 0 N–H and O–H groups in total. The van der Waals surface area contributed by atoms with E-state index in [0.29, 0.717) is 0 Å². The van der Waals surface area contributed by atoms with E-state index in [2.05, 4.69) is 21.2 Å². The van der Waals surface area contributed by atoms with Crippen molar-refractivity contribution in [1.82, 2.24) is 15.2 Å². The Labute approximate surface area is 82.8 Å². The van der Waals surface area contributed by atoms with E-state index in [0.717, 1.165) is 23.4 Å². The summed E-state index contributed by atoms with van der Waals surface area (Å²) in [4.78, 5) is 4.23. The van der Waals surface area contributed by atoms with Gasteiger partial charge in [0.1, 0.15) is 0 Å². The molecule has 70 valence electrons. The molecular formula is C11H11N3. The molecule has 2 aromatic heterocycles. The van der Waals surface area contributed by atoms with Crippen LogP contribution in [-0.4, -0.2) is 15.2 Å². The molecule has 0 atom stereocenters. The van der Waals surface area contributed by atoms with Gasteiger partial charge in [0.25, 0.3) is 0 Å². The summed E-state index contributed by atoms with van der Waals surface area (Å²) in [7, 11) is 0. The minimum Gasteiger partial charge on any atom is -0.261 e. The topological polar surface area (TPSA) is 38.7 Å². The first-order valence-corrected chi connectivity index (χ1v) is 4.53. The molecule has 2 heterocycles. The number of nitrogens with zero attached hydrogens (tertiary/aromatic N) is 3. The van der Waals surface area contributed by atoms with Gasteiger partial charge in [-0.2, -0.15) is 10.2 Å². The number of aryl methyl sites for hydroxylation is 1. The summed E-state index contributed by atoms with van der Waals surface area (Å²) in [6.45, 7) is 1.98. The second kappa shape index (κ2) is 3.96. The number of hydrogen-bond donors (Lipinski definition) is 0. The van der Waals surface area contributed by atoms with Gasteiger partial charge in [0.15, 0.2) is 0 Å². The lowest BCUT2D eigenvalue weighted by atomic mass is 10.1. The Bertz CT molecular complexity index is 395. The third kappa shape index (κ3) is 2.13. The van der Waals surface area contributed by atoms with Crippen molar-refractivity contribution in [3.05, 3.63) is 53.6 Å². The van der Waals surface area contributed by atoms with Gasteiger partial charge in [0.2, 0.25) is 0 Å². The summed E-state index contributed by atoms with van der Waals surface area (Å²) in [5.41, 5.74) is 3.17. The molecule has 14 heavy (non-hydrogen) atoms. The van der Waals surface area contributed by atoms with Crippen LogP contribution in [0.5, 0.6) is 0 Å². The molecule has 0 aliphatic heterocycles. The normalized spacial score (nSPS) is 10.1. The zero-order valence-corrected chi connectivity index (χ0v) is 8.01. The highest BCUT2D eigenvalue weighted by Gasteiger charge is 1.97. The van der Waals surface area contributed by atoms with E-state index in [1.165, 1.54) is 0 Å². The highest BCUT2D eigenvalue weighted by Crippen LogP contribution is 2.05. The summed E-state index contributed by atoms with van der Waals surface area (Å²) in [6, 6.07) is 7.93. The van der Waals surface area contributed by atoms with Crippen LogP contribution in [0.15, 0.2) is 36.7 Å². The molecule has 0 unspecified atom stereocenters. The molecule has 0 amide bonds. The van der Waals surface area contributed by atoms with Crippen LogP contribution in [0.4, 0.5) is 0 Å². The monoisotopic (exact) mass is 185 g/mol. The molecule has 0 saturated carbocycles. The average Bonchev–Trinajstić information content (AvgIpc) is 2.23. The first kappa shape index (κ1) is 8.81. The smallest absolute Gasteiger partial charge is 0.0675 e. The van der Waals surface area contributed by atoms with Crippen molar-refractivity contribution < 1.29 is 0 Å². The van der Waals surface area contributed by atoms with Crippen LogP contribution in [0, 0.1) is 6.92 Å². The Morgan fingerprint density at radius 2 is 2.14 bits per heavy atom. The van der Waals surface area contributed by atoms with Gasteiger partial charge in [-0.05, 0) is 30.7 Å². The van der Waals surface area contributed by atoms with Crippen molar-refractivity contribution in [2.75, 3.05) is 0 Å². The molecule has 0 radical (unpaired) electrons. The van der Waals surface area contributed by atoms with E-state index < -0.39 is 0 Å². The lowest BCUT2D eigenvalue weighted by molar-refractivity contribution is 0.931. The van der Waals surface area contributed by atoms with Crippen LogP contribution in [-0.2, 0) is 6.42 Å². The van der Waals surface area contributed by atoms with Crippen LogP contribution < -0.4 is 0 Å². The maximum absolute atomic E-state index is 4.23. The Hall–Kier alpha value is -1.77. The summed E-state index contributed by atoms with van der Waals surface area (Å²) in [6.07, 6.45) is 4.35. The van der Waals surface area contributed by atoms with Gasteiger partial charge in [-0.25, -0.2) is 0 Å². The van der Waals surface area contributed by atoms with Crippen molar-refractivity contribution in [1.29, 1.82) is 0 Å². The molecule has 0 aromatic carbocycles. The molecule has 0 fully saturated rings. The van der Waals surface area contributed by atoms with Crippen LogP contribution >= 0.6 is 0 Å². The Balaban J connectivity index is 2.16. The zero-order valence-electron chi connectivity index (χ0n) is 8.01. The van der Waals surface area contributed by atoms with Gasteiger partial charge in [0, 0.05) is 24.5 Å². The highest BCUT2D eigenvalue weighted by atomic mass is 15.1. The van der Waals surface area contributed by atoms with Gasteiger partial charge in [0.05, 0.1) is 5.69 Å².